The van der Waals surface area contributed by atoms with E-state index >= 15 is 0 Å². The Bertz CT molecular complexity index is 928. The number of hydrogen-bond donors (Lipinski definition) is 1. The minimum absolute atomic E-state index is 0.136. The molecule has 1 atom stereocenters. The van der Waals surface area contributed by atoms with Crippen molar-refractivity contribution in [3.05, 3.63) is 65.3 Å². The lowest BCUT2D eigenvalue weighted by atomic mass is 10.0. The smallest absolute Gasteiger partial charge is 0.181 e. The standard InChI is InChI=1S/C21H22ClN3O/c1-15(21(26)17-14-23-19-8-4-2-6-16(17)19)24-10-12-25(13-11-24)20-9-5-3-7-18(20)22/h2-9,14-15,23H,10-13H2,1H3. The highest BCUT2D eigenvalue weighted by molar-refractivity contribution is 6.33. The fraction of sp³-hybridized carbons (Fsp3) is 0.286. The van der Waals surface area contributed by atoms with E-state index < -0.39 is 0 Å². The van der Waals surface area contributed by atoms with E-state index in [4.69, 9.17) is 11.6 Å². The van der Waals surface area contributed by atoms with E-state index in [1.165, 1.54) is 0 Å². The largest absolute Gasteiger partial charge is 0.368 e. The summed E-state index contributed by atoms with van der Waals surface area (Å²) >= 11 is 6.32. The number of para-hydroxylation sites is 2. The topological polar surface area (TPSA) is 39.3 Å². The summed E-state index contributed by atoms with van der Waals surface area (Å²) in [6.07, 6.45) is 1.84. The van der Waals surface area contributed by atoms with Gasteiger partial charge in [-0.1, -0.05) is 41.9 Å². The molecule has 0 spiro atoms. The second-order valence-electron chi connectivity index (χ2n) is 6.76. The molecule has 0 bridgehead atoms. The van der Waals surface area contributed by atoms with Crippen LogP contribution < -0.4 is 4.90 Å². The van der Waals surface area contributed by atoms with Crippen molar-refractivity contribution in [2.24, 2.45) is 0 Å². The molecular weight excluding hydrogens is 346 g/mol. The monoisotopic (exact) mass is 367 g/mol. The molecule has 1 fully saturated rings. The van der Waals surface area contributed by atoms with Crippen LogP contribution in [0.5, 0.6) is 0 Å². The van der Waals surface area contributed by atoms with Crippen molar-refractivity contribution in [3.63, 3.8) is 0 Å². The van der Waals surface area contributed by atoms with Gasteiger partial charge >= 0.3 is 0 Å². The number of rotatable bonds is 4. The number of benzene rings is 2. The summed E-state index contributed by atoms with van der Waals surface area (Å²) in [5.74, 6) is 0.175. The number of Topliss-reactive ketones (excluding diaryl/α,β-unsaturated/α-hetero) is 1. The first-order chi connectivity index (χ1) is 12.6. The van der Waals surface area contributed by atoms with Crippen molar-refractivity contribution in [2.75, 3.05) is 31.1 Å². The van der Waals surface area contributed by atoms with Gasteiger partial charge < -0.3 is 9.88 Å². The second kappa shape index (κ2) is 7.14. The van der Waals surface area contributed by atoms with Crippen molar-refractivity contribution >= 4 is 34.0 Å². The molecule has 0 aliphatic carbocycles. The summed E-state index contributed by atoms with van der Waals surface area (Å²) in [6, 6.07) is 15.7. The molecule has 2 aromatic carbocycles. The zero-order valence-electron chi connectivity index (χ0n) is 14.8. The molecule has 3 aromatic rings. The van der Waals surface area contributed by atoms with Crippen LogP contribution in [0.4, 0.5) is 5.69 Å². The SMILES string of the molecule is CC(C(=O)c1c[nH]c2ccccc12)N1CCN(c2ccccc2Cl)CC1. The second-order valence-corrected chi connectivity index (χ2v) is 7.17. The third kappa shape index (κ3) is 3.11. The van der Waals surface area contributed by atoms with Gasteiger partial charge in [0.1, 0.15) is 0 Å². The van der Waals surface area contributed by atoms with E-state index in [0.29, 0.717) is 0 Å². The molecule has 5 heteroatoms. The molecule has 0 radical (unpaired) electrons. The number of nitrogens with zero attached hydrogens (tertiary/aromatic N) is 2. The molecule has 1 N–H and O–H groups in total. The zero-order chi connectivity index (χ0) is 18.1. The maximum Gasteiger partial charge on any atom is 0.181 e. The molecule has 26 heavy (non-hydrogen) atoms. The maximum absolute atomic E-state index is 13.0. The Hall–Kier alpha value is -2.30. The molecule has 1 aliphatic heterocycles. The fourth-order valence-electron chi connectivity index (χ4n) is 3.72. The Morgan fingerprint density at radius 2 is 1.73 bits per heavy atom. The number of anilines is 1. The lowest BCUT2D eigenvalue weighted by Crippen LogP contribution is -2.51. The van der Waals surface area contributed by atoms with E-state index in [1.807, 2.05) is 55.6 Å². The Morgan fingerprint density at radius 3 is 2.50 bits per heavy atom. The summed E-state index contributed by atoms with van der Waals surface area (Å²) in [4.78, 5) is 20.8. The van der Waals surface area contributed by atoms with Gasteiger partial charge in [0, 0.05) is 48.8 Å². The van der Waals surface area contributed by atoms with Gasteiger partial charge in [-0.3, -0.25) is 9.69 Å². The summed E-state index contributed by atoms with van der Waals surface area (Å²) < 4.78 is 0. The van der Waals surface area contributed by atoms with Crippen molar-refractivity contribution in [1.29, 1.82) is 0 Å². The van der Waals surface area contributed by atoms with E-state index in [9.17, 15) is 4.79 Å². The van der Waals surface area contributed by atoms with Crippen LogP contribution in [0.3, 0.4) is 0 Å². The first kappa shape index (κ1) is 17.1. The van der Waals surface area contributed by atoms with Crippen LogP contribution in [0.2, 0.25) is 5.02 Å². The normalized spacial score (nSPS) is 16.8. The molecule has 134 valence electrons. The summed E-state index contributed by atoms with van der Waals surface area (Å²) in [5.41, 5.74) is 2.86. The van der Waals surface area contributed by atoms with Gasteiger partial charge in [-0.2, -0.15) is 0 Å². The Balaban J connectivity index is 1.46. The third-order valence-corrected chi connectivity index (χ3v) is 5.61. The molecule has 1 saturated heterocycles. The zero-order valence-corrected chi connectivity index (χ0v) is 15.5. The number of aromatic amines is 1. The number of aromatic nitrogens is 1. The van der Waals surface area contributed by atoms with Gasteiger partial charge in [0.05, 0.1) is 16.8 Å². The van der Waals surface area contributed by atoms with Crippen molar-refractivity contribution in [1.82, 2.24) is 9.88 Å². The first-order valence-electron chi connectivity index (χ1n) is 8.99. The van der Waals surface area contributed by atoms with Gasteiger partial charge in [0.15, 0.2) is 5.78 Å². The molecule has 1 aliphatic rings. The predicted molar refractivity (Wildman–Crippen MR) is 107 cm³/mol. The number of hydrogen-bond acceptors (Lipinski definition) is 3. The lowest BCUT2D eigenvalue weighted by Gasteiger charge is -2.38. The maximum atomic E-state index is 13.0. The van der Waals surface area contributed by atoms with Crippen LogP contribution >= 0.6 is 11.6 Å². The van der Waals surface area contributed by atoms with Crippen LogP contribution in [-0.2, 0) is 0 Å². The van der Waals surface area contributed by atoms with Crippen LogP contribution in [0, 0.1) is 0 Å². The van der Waals surface area contributed by atoms with E-state index in [2.05, 4.69) is 20.9 Å². The number of carbonyl (C=O) groups excluding carboxylic acids is 1. The quantitative estimate of drug-likeness (QED) is 0.702. The van der Waals surface area contributed by atoms with Gasteiger partial charge in [-0.15, -0.1) is 0 Å². The van der Waals surface area contributed by atoms with Gasteiger partial charge in [-0.05, 0) is 25.1 Å². The van der Waals surface area contributed by atoms with Crippen molar-refractivity contribution < 1.29 is 4.79 Å². The Kier molecular flexibility index (Phi) is 4.70. The van der Waals surface area contributed by atoms with Crippen LogP contribution in [0.1, 0.15) is 17.3 Å². The Morgan fingerprint density at radius 1 is 1.04 bits per heavy atom. The Labute approximate surface area is 158 Å². The fourth-order valence-corrected chi connectivity index (χ4v) is 3.98. The third-order valence-electron chi connectivity index (χ3n) is 5.29. The molecule has 4 rings (SSSR count). The highest BCUT2D eigenvalue weighted by Gasteiger charge is 2.28. The van der Waals surface area contributed by atoms with E-state index in [1.54, 1.807) is 0 Å². The average Bonchev–Trinajstić information content (AvgIpc) is 3.11. The molecule has 0 amide bonds. The van der Waals surface area contributed by atoms with Gasteiger partial charge in [0.25, 0.3) is 0 Å². The number of nitrogens with one attached hydrogen (secondary N) is 1. The first-order valence-corrected chi connectivity index (χ1v) is 9.37. The van der Waals surface area contributed by atoms with Crippen LogP contribution in [-0.4, -0.2) is 47.9 Å². The number of fused-ring (bicyclic) bond motifs is 1. The van der Waals surface area contributed by atoms with E-state index in [-0.39, 0.29) is 11.8 Å². The number of H-pyrrole nitrogens is 1. The van der Waals surface area contributed by atoms with Gasteiger partial charge in [0.2, 0.25) is 0 Å². The molecule has 0 saturated carbocycles. The minimum Gasteiger partial charge on any atom is -0.368 e. The van der Waals surface area contributed by atoms with Crippen LogP contribution in [0.15, 0.2) is 54.7 Å². The number of halogens is 1. The summed E-state index contributed by atoms with van der Waals surface area (Å²) in [6.45, 7) is 5.45. The number of carbonyl (C=O) groups is 1. The average molecular weight is 368 g/mol. The lowest BCUT2D eigenvalue weighted by molar-refractivity contribution is 0.0831. The van der Waals surface area contributed by atoms with E-state index in [0.717, 1.165) is 53.4 Å². The summed E-state index contributed by atoms with van der Waals surface area (Å²) in [5, 5.41) is 1.78. The highest BCUT2D eigenvalue weighted by Crippen LogP contribution is 2.27. The summed E-state index contributed by atoms with van der Waals surface area (Å²) in [7, 11) is 0. The molecule has 2 heterocycles. The van der Waals surface area contributed by atoms with Crippen molar-refractivity contribution in [2.45, 2.75) is 13.0 Å². The predicted octanol–water partition coefficient (Wildman–Crippen LogP) is 4.21. The minimum atomic E-state index is -0.136. The number of piperazine rings is 1. The van der Waals surface area contributed by atoms with Crippen molar-refractivity contribution in [3.8, 4) is 0 Å². The number of ketones is 1. The molecule has 4 nitrogen and oxygen atoms in total. The molecular formula is C21H22ClN3O. The highest BCUT2D eigenvalue weighted by atomic mass is 35.5. The van der Waals surface area contributed by atoms with Gasteiger partial charge in [-0.25, -0.2) is 0 Å². The molecule has 1 aromatic heterocycles. The van der Waals surface area contributed by atoms with Crippen LogP contribution in [0.25, 0.3) is 10.9 Å². The molecule has 1 unspecified atom stereocenters.